The Morgan fingerprint density at radius 1 is 1.28 bits per heavy atom. The Balaban J connectivity index is 2.22. The van der Waals surface area contributed by atoms with Gasteiger partial charge in [0.1, 0.15) is 0 Å². The van der Waals surface area contributed by atoms with Gasteiger partial charge in [-0.2, -0.15) is 5.26 Å². The van der Waals surface area contributed by atoms with Crippen molar-refractivity contribution in [3.05, 3.63) is 36.0 Å². The summed E-state index contributed by atoms with van der Waals surface area (Å²) in [5.41, 5.74) is 2.09. The van der Waals surface area contributed by atoms with Crippen molar-refractivity contribution >= 4 is 10.9 Å². The number of para-hydroxylation sites is 1. The van der Waals surface area contributed by atoms with Crippen LogP contribution in [0.15, 0.2) is 30.5 Å². The average Bonchev–Trinajstić information content (AvgIpc) is 2.78. The van der Waals surface area contributed by atoms with Gasteiger partial charge in [0.25, 0.3) is 0 Å². The quantitative estimate of drug-likeness (QED) is 0.829. The molecule has 1 aliphatic rings. The predicted molar refractivity (Wildman–Crippen MR) is 72.3 cm³/mol. The van der Waals surface area contributed by atoms with E-state index in [0.717, 1.165) is 25.9 Å². The first-order valence-corrected chi connectivity index (χ1v) is 6.43. The van der Waals surface area contributed by atoms with Gasteiger partial charge < -0.3 is 9.88 Å². The van der Waals surface area contributed by atoms with Gasteiger partial charge in [0.05, 0.1) is 11.5 Å². The normalized spacial score (nSPS) is 18.7. The van der Waals surface area contributed by atoms with Crippen molar-refractivity contribution in [1.29, 1.82) is 5.26 Å². The number of fused-ring (bicyclic) bond motifs is 1. The van der Waals surface area contributed by atoms with Gasteiger partial charge in [-0.05, 0) is 37.6 Å². The van der Waals surface area contributed by atoms with E-state index < -0.39 is 0 Å². The minimum Gasteiger partial charge on any atom is -0.350 e. The largest absolute Gasteiger partial charge is 0.350 e. The Labute approximate surface area is 107 Å². The molecule has 0 atom stereocenters. The lowest BCUT2D eigenvalue weighted by Crippen LogP contribution is -2.38. The van der Waals surface area contributed by atoms with Crippen LogP contribution in [0, 0.1) is 11.3 Å². The van der Waals surface area contributed by atoms with E-state index in [1.54, 1.807) is 0 Å². The topological polar surface area (TPSA) is 40.8 Å². The third-order valence-corrected chi connectivity index (χ3v) is 4.08. The Bertz CT molecular complexity index is 612. The molecule has 1 saturated heterocycles. The summed E-state index contributed by atoms with van der Waals surface area (Å²) in [4.78, 5) is 0. The first kappa shape index (κ1) is 11.3. The van der Waals surface area contributed by atoms with E-state index in [1.165, 1.54) is 16.5 Å². The van der Waals surface area contributed by atoms with Gasteiger partial charge in [-0.15, -0.1) is 0 Å². The Hall–Kier alpha value is -1.79. The first-order valence-electron chi connectivity index (χ1n) is 6.43. The van der Waals surface area contributed by atoms with E-state index in [-0.39, 0.29) is 5.41 Å². The Morgan fingerprint density at radius 3 is 2.72 bits per heavy atom. The smallest absolute Gasteiger partial charge is 0.0867 e. The van der Waals surface area contributed by atoms with Crippen molar-refractivity contribution in [3.8, 4) is 6.07 Å². The number of benzene rings is 1. The molecule has 0 aliphatic carbocycles. The van der Waals surface area contributed by atoms with Gasteiger partial charge >= 0.3 is 0 Å². The molecule has 3 nitrogen and oxygen atoms in total. The molecular formula is C15H17N3. The molecule has 0 saturated carbocycles. The van der Waals surface area contributed by atoms with Crippen molar-refractivity contribution in [2.45, 2.75) is 18.3 Å². The van der Waals surface area contributed by atoms with Crippen LogP contribution in [-0.4, -0.2) is 17.7 Å². The predicted octanol–water partition coefficient (Wildman–Crippen LogP) is 2.32. The minimum absolute atomic E-state index is 0.313. The summed E-state index contributed by atoms with van der Waals surface area (Å²) in [5.74, 6) is 0. The molecule has 1 fully saturated rings. The third-order valence-electron chi connectivity index (χ3n) is 4.08. The van der Waals surface area contributed by atoms with E-state index >= 15 is 0 Å². The fourth-order valence-corrected chi connectivity index (χ4v) is 3.02. The summed E-state index contributed by atoms with van der Waals surface area (Å²) in [7, 11) is 2.05. The van der Waals surface area contributed by atoms with Crippen LogP contribution in [0.25, 0.3) is 10.9 Å². The zero-order chi connectivity index (χ0) is 12.6. The van der Waals surface area contributed by atoms with Crippen LogP contribution in [0.3, 0.4) is 0 Å². The van der Waals surface area contributed by atoms with Gasteiger partial charge in [-0.1, -0.05) is 18.2 Å². The van der Waals surface area contributed by atoms with E-state index in [1.807, 2.05) is 6.07 Å². The lowest BCUT2D eigenvalue weighted by atomic mass is 9.74. The molecule has 0 amide bonds. The third kappa shape index (κ3) is 1.53. The highest BCUT2D eigenvalue weighted by Gasteiger charge is 2.36. The number of nitrogens with zero attached hydrogens (tertiary/aromatic N) is 2. The molecule has 0 unspecified atom stereocenters. The Kier molecular flexibility index (Phi) is 2.61. The van der Waals surface area contributed by atoms with Gasteiger partial charge in [-0.3, -0.25) is 0 Å². The zero-order valence-corrected chi connectivity index (χ0v) is 10.6. The average molecular weight is 239 g/mol. The highest BCUT2D eigenvalue weighted by atomic mass is 14.9. The summed E-state index contributed by atoms with van der Waals surface area (Å²) in [6, 6.07) is 10.9. The second kappa shape index (κ2) is 4.15. The molecule has 92 valence electrons. The number of hydrogen-bond acceptors (Lipinski definition) is 2. The molecule has 3 heteroatoms. The Morgan fingerprint density at radius 2 is 2.00 bits per heavy atom. The molecule has 1 N–H and O–H groups in total. The number of rotatable bonds is 1. The van der Waals surface area contributed by atoms with E-state index in [0.29, 0.717) is 0 Å². The first-order chi connectivity index (χ1) is 8.77. The fraction of sp³-hybridized carbons (Fsp3) is 0.400. The summed E-state index contributed by atoms with van der Waals surface area (Å²) < 4.78 is 2.13. The maximum atomic E-state index is 9.68. The van der Waals surface area contributed by atoms with Gasteiger partial charge in [0, 0.05) is 24.1 Å². The maximum absolute atomic E-state index is 9.68. The van der Waals surface area contributed by atoms with Crippen LogP contribution in [0.5, 0.6) is 0 Å². The van der Waals surface area contributed by atoms with Crippen LogP contribution < -0.4 is 5.32 Å². The lowest BCUT2D eigenvalue weighted by Gasteiger charge is -2.31. The molecule has 1 aromatic heterocycles. The van der Waals surface area contributed by atoms with Crippen LogP contribution in [-0.2, 0) is 12.5 Å². The van der Waals surface area contributed by atoms with E-state index in [4.69, 9.17) is 0 Å². The van der Waals surface area contributed by atoms with Crippen molar-refractivity contribution in [2.24, 2.45) is 7.05 Å². The van der Waals surface area contributed by atoms with Gasteiger partial charge in [-0.25, -0.2) is 0 Å². The van der Waals surface area contributed by atoms with Crippen molar-refractivity contribution in [1.82, 2.24) is 9.88 Å². The van der Waals surface area contributed by atoms with Crippen LogP contribution in [0.2, 0.25) is 0 Å². The second-order valence-electron chi connectivity index (χ2n) is 5.11. The summed E-state index contributed by atoms with van der Waals surface area (Å²) in [6.07, 6.45) is 3.94. The van der Waals surface area contributed by atoms with Crippen LogP contribution >= 0.6 is 0 Å². The number of aryl methyl sites for hydroxylation is 1. The number of piperidine rings is 1. The molecule has 0 spiro atoms. The lowest BCUT2D eigenvalue weighted by molar-refractivity contribution is 0.384. The molecule has 1 aromatic carbocycles. The number of nitriles is 1. The monoisotopic (exact) mass is 239 g/mol. The molecule has 2 aromatic rings. The van der Waals surface area contributed by atoms with Crippen molar-refractivity contribution in [3.63, 3.8) is 0 Å². The van der Waals surface area contributed by atoms with Gasteiger partial charge in [0.15, 0.2) is 0 Å². The summed E-state index contributed by atoms with van der Waals surface area (Å²) in [6.45, 7) is 1.85. The minimum atomic E-state index is -0.313. The number of hydrogen-bond donors (Lipinski definition) is 1. The zero-order valence-electron chi connectivity index (χ0n) is 10.6. The molecule has 18 heavy (non-hydrogen) atoms. The SMILES string of the molecule is Cn1cc(C2(C#N)CCNCC2)c2ccccc21. The van der Waals surface area contributed by atoms with E-state index in [9.17, 15) is 5.26 Å². The molecule has 3 rings (SSSR count). The molecule has 2 heterocycles. The van der Waals surface area contributed by atoms with Crippen molar-refractivity contribution < 1.29 is 0 Å². The molecule has 0 radical (unpaired) electrons. The molecular weight excluding hydrogens is 222 g/mol. The molecule has 1 aliphatic heterocycles. The maximum Gasteiger partial charge on any atom is 0.0867 e. The number of aromatic nitrogens is 1. The van der Waals surface area contributed by atoms with Crippen LogP contribution in [0.1, 0.15) is 18.4 Å². The summed E-state index contributed by atoms with van der Waals surface area (Å²) >= 11 is 0. The van der Waals surface area contributed by atoms with Gasteiger partial charge in [0.2, 0.25) is 0 Å². The number of nitrogens with one attached hydrogen (secondary N) is 1. The van der Waals surface area contributed by atoms with E-state index in [2.05, 4.69) is 47.4 Å². The molecule has 0 bridgehead atoms. The second-order valence-corrected chi connectivity index (χ2v) is 5.11. The summed E-state index contributed by atoms with van der Waals surface area (Å²) in [5, 5.41) is 14.2. The standard InChI is InChI=1S/C15H17N3/c1-18-10-13(12-4-2-3-5-14(12)18)15(11-16)6-8-17-9-7-15/h2-5,10,17H,6-9H2,1H3. The van der Waals surface area contributed by atoms with Crippen molar-refractivity contribution in [2.75, 3.05) is 13.1 Å². The highest BCUT2D eigenvalue weighted by Crippen LogP contribution is 2.37. The highest BCUT2D eigenvalue weighted by molar-refractivity contribution is 5.85. The van der Waals surface area contributed by atoms with Crippen LogP contribution in [0.4, 0.5) is 0 Å². The fourth-order valence-electron chi connectivity index (χ4n) is 3.02.